The maximum absolute atomic E-state index is 15.7. The SMILES string of the molecule is COC1CN(CCc2cn(C(CC(C)C)C(=O)N=CC(CC(=O)O)c3cc(-c4c(C)cc(F)cc4C)cc(C)c3F)c(=O)cc2C(F)(F)F)C1. The van der Waals surface area contributed by atoms with Crippen LogP contribution in [0.4, 0.5) is 22.0 Å². The number of aliphatic imine (C=N–C) groups is 1. The highest BCUT2D eigenvalue weighted by molar-refractivity contribution is 5.91. The van der Waals surface area contributed by atoms with Crippen LogP contribution in [-0.4, -0.2) is 65.5 Å². The number of methoxy groups -OCH3 is 1. The Labute approximate surface area is 287 Å². The Balaban J connectivity index is 1.74. The number of carbonyl (C=O) groups excluding carboxylic acids is 1. The number of carboxylic acids is 1. The minimum absolute atomic E-state index is 0.00194. The van der Waals surface area contributed by atoms with Crippen molar-refractivity contribution < 1.29 is 41.4 Å². The molecule has 4 rings (SSSR count). The number of aliphatic carboxylic acids is 1. The number of hydrogen-bond donors (Lipinski definition) is 1. The highest BCUT2D eigenvalue weighted by Gasteiger charge is 2.36. The van der Waals surface area contributed by atoms with Crippen LogP contribution >= 0.6 is 0 Å². The Morgan fingerprint density at radius 2 is 1.68 bits per heavy atom. The number of alkyl halides is 3. The molecular formula is C37H42F5N3O5. The van der Waals surface area contributed by atoms with Crippen molar-refractivity contribution in [2.75, 3.05) is 26.7 Å². The van der Waals surface area contributed by atoms with Gasteiger partial charge in [0.05, 0.1) is 18.1 Å². The smallest absolute Gasteiger partial charge is 0.416 e. The van der Waals surface area contributed by atoms with Crippen molar-refractivity contribution in [1.29, 1.82) is 0 Å². The lowest BCUT2D eigenvalue weighted by molar-refractivity contribution is -0.139. The predicted octanol–water partition coefficient (Wildman–Crippen LogP) is 7.05. The minimum atomic E-state index is -4.81. The Bertz CT molecular complexity index is 1810. The van der Waals surface area contributed by atoms with E-state index in [1.807, 2.05) is 4.90 Å². The van der Waals surface area contributed by atoms with Crippen LogP contribution in [0.3, 0.4) is 0 Å². The Hall–Kier alpha value is -4.23. The van der Waals surface area contributed by atoms with Gasteiger partial charge in [0.1, 0.15) is 17.7 Å². The number of halogens is 5. The Kier molecular flexibility index (Phi) is 12.2. The highest BCUT2D eigenvalue weighted by Crippen LogP contribution is 2.35. The van der Waals surface area contributed by atoms with Gasteiger partial charge in [0.2, 0.25) is 0 Å². The summed E-state index contributed by atoms with van der Waals surface area (Å²) >= 11 is 0. The van der Waals surface area contributed by atoms with E-state index >= 15 is 4.39 Å². The van der Waals surface area contributed by atoms with Crippen LogP contribution in [-0.2, 0) is 26.9 Å². The van der Waals surface area contributed by atoms with Crippen molar-refractivity contribution in [1.82, 2.24) is 9.47 Å². The number of carboxylic acid groups (broad SMARTS) is 1. The van der Waals surface area contributed by atoms with Gasteiger partial charge in [0, 0.05) is 51.1 Å². The van der Waals surface area contributed by atoms with Crippen molar-refractivity contribution in [2.45, 2.75) is 78.1 Å². The number of rotatable bonds is 13. The van der Waals surface area contributed by atoms with E-state index in [9.17, 15) is 37.1 Å². The molecule has 270 valence electrons. The number of nitrogens with zero attached hydrogens (tertiary/aromatic N) is 3. The number of hydrogen-bond acceptors (Lipinski definition) is 5. The summed E-state index contributed by atoms with van der Waals surface area (Å²) in [6.07, 6.45) is -3.37. The fraction of sp³-hybridized carbons (Fsp3) is 0.459. The average Bonchev–Trinajstić information content (AvgIpc) is 2.98. The third-order valence-corrected chi connectivity index (χ3v) is 8.98. The van der Waals surface area contributed by atoms with Gasteiger partial charge >= 0.3 is 12.1 Å². The van der Waals surface area contributed by atoms with Gasteiger partial charge in [-0.3, -0.25) is 19.3 Å². The van der Waals surface area contributed by atoms with Gasteiger partial charge in [-0.25, -0.2) is 13.8 Å². The number of likely N-dealkylation sites (tertiary alicyclic amines) is 1. The van der Waals surface area contributed by atoms with Crippen LogP contribution < -0.4 is 5.56 Å². The number of aromatic nitrogens is 1. The van der Waals surface area contributed by atoms with Gasteiger partial charge < -0.3 is 14.4 Å². The van der Waals surface area contributed by atoms with Crippen LogP contribution in [0.1, 0.15) is 72.0 Å². The van der Waals surface area contributed by atoms with E-state index in [-0.39, 0.29) is 48.1 Å². The zero-order valence-electron chi connectivity index (χ0n) is 28.9. The topological polar surface area (TPSA) is 101 Å². The standard InChI is InChI=1S/C37H42F5N3O5/c1-20(2)9-31(45-17-24(7-8-44-18-28(19-44)50-6)30(15-32(45)46)37(40,41)42)36(49)43-16-26(14-33(47)48)29-13-25(10-23(5)35(29)39)34-21(3)11-27(38)12-22(34)4/h10-13,15-17,20,26,28,31H,7-9,14,18-19H2,1-6H3,(H,47,48). The van der Waals surface area contributed by atoms with Crippen LogP contribution in [0.15, 0.2) is 46.3 Å². The van der Waals surface area contributed by atoms with E-state index in [0.29, 0.717) is 41.4 Å². The van der Waals surface area contributed by atoms with Crippen molar-refractivity contribution >= 4 is 18.1 Å². The second-order valence-electron chi connectivity index (χ2n) is 13.4. The molecular weight excluding hydrogens is 661 g/mol. The van der Waals surface area contributed by atoms with Crippen LogP contribution in [0.25, 0.3) is 11.1 Å². The van der Waals surface area contributed by atoms with Gasteiger partial charge in [-0.1, -0.05) is 13.8 Å². The first-order valence-electron chi connectivity index (χ1n) is 16.3. The van der Waals surface area contributed by atoms with Crippen molar-refractivity contribution in [3.63, 3.8) is 0 Å². The van der Waals surface area contributed by atoms with Gasteiger partial charge in [0.15, 0.2) is 0 Å². The Morgan fingerprint density at radius 1 is 1.04 bits per heavy atom. The minimum Gasteiger partial charge on any atom is -0.481 e. The molecule has 1 N–H and O–H groups in total. The summed E-state index contributed by atoms with van der Waals surface area (Å²) in [7, 11) is 1.56. The molecule has 0 bridgehead atoms. The first-order valence-corrected chi connectivity index (χ1v) is 16.3. The lowest BCUT2D eigenvalue weighted by Gasteiger charge is -2.38. The van der Waals surface area contributed by atoms with E-state index < -0.39 is 59.2 Å². The molecule has 1 saturated heterocycles. The zero-order valence-corrected chi connectivity index (χ0v) is 28.9. The second-order valence-corrected chi connectivity index (χ2v) is 13.4. The maximum Gasteiger partial charge on any atom is 0.416 e. The molecule has 1 amide bonds. The summed E-state index contributed by atoms with van der Waals surface area (Å²) in [5, 5.41) is 9.72. The molecule has 0 spiro atoms. The number of amides is 1. The van der Waals surface area contributed by atoms with Gasteiger partial charge in [-0.05, 0) is 103 Å². The summed E-state index contributed by atoms with van der Waals surface area (Å²) in [5.41, 5.74) is 0.168. The molecule has 2 atom stereocenters. The molecule has 1 aliphatic heterocycles. The van der Waals surface area contributed by atoms with Crippen molar-refractivity contribution in [3.05, 3.63) is 91.9 Å². The third kappa shape index (κ3) is 9.11. The van der Waals surface area contributed by atoms with Crippen LogP contribution in [0, 0.1) is 38.3 Å². The van der Waals surface area contributed by atoms with Gasteiger partial charge in [-0.2, -0.15) is 13.2 Å². The van der Waals surface area contributed by atoms with E-state index in [1.165, 1.54) is 25.1 Å². The molecule has 8 nitrogen and oxygen atoms in total. The van der Waals surface area contributed by atoms with Crippen LogP contribution in [0.5, 0.6) is 0 Å². The number of carbonyl (C=O) groups is 2. The molecule has 13 heteroatoms. The number of aryl methyl sites for hydroxylation is 3. The normalized spacial score (nSPS) is 15.4. The summed E-state index contributed by atoms with van der Waals surface area (Å²) in [4.78, 5) is 44.8. The van der Waals surface area contributed by atoms with E-state index in [1.54, 1.807) is 40.9 Å². The monoisotopic (exact) mass is 703 g/mol. The maximum atomic E-state index is 15.7. The third-order valence-electron chi connectivity index (χ3n) is 8.98. The quantitative estimate of drug-likeness (QED) is 0.151. The number of pyridine rings is 1. The Morgan fingerprint density at radius 3 is 2.24 bits per heavy atom. The first kappa shape index (κ1) is 38.6. The van der Waals surface area contributed by atoms with E-state index in [4.69, 9.17) is 4.74 Å². The molecule has 1 aromatic heterocycles. The summed E-state index contributed by atoms with van der Waals surface area (Å²) < 4.78 is 78.0. The largest absolute Gasteiger partial charge is 0.481 e. The lowest BCUT2D eigenvalue weighted by Crippen LogP contribution is -2.52. The zero-order chi connectivity index (χ0) is 37.1. The molecule has 1 aliphatic rings. The highest BCUT2D eigenvalue weighted by atomic mass is 19.4. The van der Waals surface area contributed by atoms with E-state index in [2.05, 4.69) is 4.99 Å². The molecule has 2 heterocycles. The molecule has 2 unspecified atom stereocenters. The summed E-state index contributed by atoms with van der Waals surface area (Å²) in [6.45, 7) is 9.84. The fourth-order valence-corrected chi connectivity index (χ4v) is 6.47. The molecule has 2 aromatic carbocycles. The summed E-state index contributed by atoms with van der Waals surface area (Å²) in [6, 6.07) is 4.86. The van der Waals surface area contributed by atoms with Crippen LogP contribution in [0.2, 0.25) is 0 Å². The lowest BCUT2D eigenvalue weighted by atomic mass is 9.88. The molecule has 0 saturated carbocycles. The van der Waals surface area contributed by atoms with E-state index in [0.717, 1.165) is 17.0 Å². The predicted molar refractivity (Wildman–Crippen MR) is 180 cm³/mol. The average molecular weight is 704 g/mol. The number of benzene rings is 2. The second kappa shape index (κ2) is 15.8. The number of ether oxygens (including phenoxy) is 1. The van der Waals surface area contributed by atoms with Crippen molar-refractivity contribution in [3.8, 4) is 11.1 Å². The van der Waals surface area contributed by atoms with Gasteiger partial charge in [-0.15, -0.1) is 0 Å². The molecule has 0 radical (unpaired) electrons. The molecule has 1 fully saturated rings. The fourth-order valence-electron chi connectivity index (χ4n) is 6.47. The summed E-state index contributed by atoms with van der Waals surface area (Å²) in [5.74, 6) is -4.78. The first-order chi connectivity index (χ1) is 23.4. The molecule has 0 aliphatic carbocycles. The molecule has 3 aromatic rings. The van der Waals surface area contributed by atoms with Crippen molar-refractivity contribution in [2.24, 2.45) is 10.9 Å². The van der Waals surface area contributed by atoms with Gasteiger partial charge in [0.25, 0.3) is 11.5 Å². The molecule has 50 heavy (non-hydrogen) atoms.